The van der Waals surface area contributed by atoms with Crippen molar-refractivity contribution in [3.63, 3.8) is 0 Å². The van der Waals surface area contributed by atoms with Crippen molar-refractivity contribution >= 4 is 22.8 Å². The Labute approximate surface area is 128 Å². The van der Waals surface area contributed by atoms with Crippen molar-refractivity contribution in [3.05, 3.63) is 59.7 Å². The number of imidazole rings is 1. The van der Waals surface area contributed by atoms with Crippen LogP contribution in [0.2, 0.25) is 0 Å². The molecule has 2 aromatic carbocycles. The minimum atomic E-state index is -0.322. The van der Waals surface area contributed by atoms with Crippen LogP contribution >= 0.6 is 11.8 Å². The first kappa shape index (κ1) is 14.2. The highest BCUT2D eigenvalue weighted by Gasteiger charge is 2.06. The summed E-state index contributed by atoms with van der Waals surface area (Å²) in [7, 11) is 0. The molecule has 108 valence electrons. The van der Waals surface area contributed by atoms with Gasteiger partial charge in [-0.2, -0.15) is 0 Å². The first-order valence-electron chi connectivity index (χ1n) is 7.04. The third-order valence-corrected chi connectivity index (χ3v) is 4.35. The zero-order chi connectivity index (χ0) is 14.7. The quantitative estimate of drug-likeness (QED) is 0.707. The molecule has 3 nitrogen and oxygen atoms in total. The maximum Gasteiger partial charge on any atom is 0.166 e. The first-order chi connectivity index (χ1) is 10.2. The molecule has 1 unspecified atom stereocenters. The third kappa shape index (κ3) is 3.65. The van der Waals surface area contributed by atoms with Crippen LogP contribution in [0.15, 0.2) is 53.7 Å². The molecule has 0 aliphatic rings. The number of hydrogen-bond donors (Lipinski definition) is 2. The van der Waals surface area contributed by atoms with Crippen molar-refractivity contribution in [2.24, 2.45) is 0 Å². The summed E-state index contributed by atoms with van der Waals surface area (Å²) in [5.74, 6) is 0.649. The van der Waals surface area contributed by atoms with Crippen molar-refractivity contribution in [2.75, 3.05) is 5.75 Å². The summed E-state index contributed by atoms with van der Waals surface area (Å²) in [6, 6.07) is 16.8. The second kappa shape index (κ2) is 6.33. The Morgan fingerprint density at radius 3 is 2.71 bits per heavy atom. The van der Waals surface area contributed by atoms with E-state index >= 15 is 0 Å². The molecule has 0 fully saturated rings. The topological polar surface area (TPSA) is 48.9 Å². The number of fused-ring (bicyclic) bond motifs is 1. The highest BCUT2D eigenvalue weighted by atomic mass is 32.2. The summed E-state index contributed by atoms with van der Waals surface area (Å²) in [4.78, 5) is 7.87. The first-order valence-corrected chi connectivity index (χ1v) is 8.03. The highest BCUT2D eigenvalue weighted by molar-refractivity contribution is 7.99. The molecular weight excluding hydrogens is 280 g/mol. The molecule has 1 aromatic heterocycles. The minimum Gasteiger partial charge on any atom is -0.393 e. The Kier molecular flexibility index (Phi) is 4.27. The molecule has 4 heteroatoms. The van der Waals surface area contributed by atoms with Gasteiger partial charge in [-0.15, -0.1) is 0 Å². The predicted octanol–water partition coefficient (Wildman–Crippen LogP) is 3.63. The minimum absolute atomic E-state index is 0.322. The molecule has 0 radical (unpaired) electrons. The molecular formula is C17H18N2OS. The van der Waals surface area contributed by atoms with Gasteiger partial charge in [0.15, 0.2) is 5.16 Å². The number of hydrogen-bond acceptors (Lipinski definition) is 3. The predicted molar refractivity (Wildman–Crippen MR) is 87.7 cm³/mol. The van der Waals surface area contributed by atoms with Gasteiger partial charge in [-0.25, -0.2) is 4.98 Å². The van der Waals surface area contributed by atoms with Crippen LogP contribution in [0.3, 0.4) is 0 Å². The molecule has 2 N–H and O–H groups in total. The maximum absolute atomic E-state index is 9.33. The number of aromatic amines is 1. The van der Waals surface area contributed by atoms with E-state index in [-0.39, 0.29) is 6.10 Å². The van der Waals surface area contributed by atoms with Crippen molar-refractivity contribution < 1.29 is 5.11 Å². The number of benzene rings is 2. The Morgan fingerprint density at radius 1 is 1.14 bits per heavy atom. The van der Waals surface area contributed by atoms with Gasteiger partial charge in [0.2, 0.25) is 0 Å². The van der Waals surface area contributed by atoms with Crippen LogP contribution in [0.1, 0.15) is 18.1 Å². The summed E-state index contributed by atoms with van der Waals surface area (Å²) < 4.78 is 0. The fraction of sp³-hybridized carbons (Fsp3) is 0.235. The molecule has 1 atom stereocenters. The Morgan fingerprint density at radius 2 is 1.95 bits per heavy atom. The fourth-order valence-corrected chi connectivity index (χ4v) is 2.98. The second-order valence-corrected chi connectivity index (χ2v) is 6.22. The molecule has 0 saturated carbocycles. The number of nitrogens with one attached hydrogen (secondary N) is 1. The summed E-state index contributed by atoms with van der Waals surface area (Å²) in [6.07, 6.45) is 0.594. The monoisotopic (exact) mass is 298 g/mol. The normalized spacial score (nSPS) is 12.7. The largest absolute Gasteiger partial charge is 0.393 e. The van der Waals surface area contributed by atoms with Crippen LogP contribution in [0, 0.1) is 0 Å². The smallest absolute Gasteiger partial charge is 0.166 e. The van der Waals surface area contributed by atoms with Crippen molar-refractivity contribution in [2.45, 2.75) is 24.6 Å². The van der Waals surface area contributed by atoms with Crippen molar-refractivity contribution in [1.29, 1.82) is 0 Å². The number of aliphatic hydroxyl groups excluding tert-OH is 1. The second-order valence-electron chi connectivity index (χ2n) is 5.22. The SMILES string of the molecule is CC(O)CSc1nc2cc(Cc3ccccc3)ccc2[nH]1. The van der Waals surface area contributed by atoms with Gasteiger partial charge in [-0.05, 0) is 36.6 Å². The Hall–Kier alpha value is -1.78. The zero-order valence-corrected chi connectivity index (χ0v) is 12.7. The van der Waals surface area contributed by atoms with E-state index in [1.165, 1.54) is 11.1 Å². The van der Waals surface area contributed by atoms with Crippen LogP contribution in [-0.4, -0.2) is 26.9 Å². The summed E-state index contributed by atoms with van der Waals surface area (Å²) >= 11 is 1.55. The standard InChI is InChI=1S/C17H18N2OS/c1-12(20)11-21-17-18-15-8-7-14(10-16(15)19-17)9-13-5-3-2-4-6-13/h2-8,10,12,20H,9,11H2,1H3,(H,18,19). The van der Waals surface area contributed by atoms with E-state index in [4.69, 9.17) is 0 Å². The lowest BCUT2D eigenvalue weighted by molar-refractivity contribution is 0.220. The Balaban J connectivity index is 1.79. The molecule has 1 heterocycles. The van der Waals surface area contributed by atoms with E-state index < -0.39 is 0 Å². The van der Waals surface area contributed by atoms with Crippen molar-refractivity contribution in [1.82, 2.24) is 9.97 Å². The van der Waals surface area contributed by atoms with E-state index in [1.807, 2.05) is 6.07 Å². The number of nitrogens with zero attached hydrogens (tertiary/aromatic N) is 1. The van der Waals surface area contributed by atoms with Gasteiger partial charge >= 0.3 is 0 Å². The fourth-order valence-electron chi connectivity index (χ4n) is 2.24. The number of rotatable bonds is 5. The van der Waals surface area contributed by atoms with Gasteiger partial charge in [-0.1, -0.05) is 48.2 Å². The van der Waals surface area contributed by atoms with Crippen LogP contribution in [0.25, 0.3) is 11.0 Å². The van der Waals surface area contributed by atoms with E-state index in [0.717, 1.165) is 22.6 Å². The van der Waals surface area contributed by atoms with Crippen LogP contribution in [0.4, 0.5) is 0 Å². The molecule has 3 rings (SSSR count). The molecule has 0 spiro atoms. The van der Waals surface area contributed by atoms with Gasteiger partial charge in [0.1, 0.15) is 0 Å². The highest BCUT2D eigenvalue weighted by Crippen LogP contribution is 2.22. The average Bonchev–Trinajstić information content (AvgIpc) is 2.88. The molecule has 0 amide bonds. The van der Waals surface area contributed by atoms with Gasteiger partial charge in [-0.3, -0.25) is 0 Å². The van der Waals surface area contributed by atoms with Gasteiger partial charge in [0.25, 0.3) is 0 Å². The molecule has 0 aliphatic carbocycles. The van der Waals surface area contributed by atoms with E-state index in [2.05, 4.69) is 52.4 Å². The van der Waals surface area contributed by atoms with Gasteiger partial charge < -0.3 is 10.1 Å². The molecule has 3 aromatic rings. The van der Waals surface area contributed by atoms with Crippen LogP contribution < -0.4 is 0 Å². The van der Waals surface area contributed by atoms with E-state index in [9.17, 15) is 5.11 Å². The van der Waals surface area contributed by atoms with Crippen molar-refractivity contribution in [3.8, 4) is 0 Å². The number of aliphatic hydroxyl groups is 1. The van der Waals surface area contributed by atoms with Gasteiger partial charge in [0, 0.05) is 5.75 Å². The lowest BCUT2D eigenvalue weighted by Gasteiger charge is -2.01. The Bertz CT molecular complexity index is 722. The summed E-state index contributed by atoms with van der Waals surface area (Å²) in [6.45, 7) is 1.79. The van der Waals surface area contributed by atoms with Crippen LogP contribution in [0.5, 0.6) is 0 Å². The molecule has 0 bridgehead atoms. The van der Waals surface area contributed by atoms with Gasteiger partial charge in [0.05, 0.1) is 17.1 Å². The van der Waals surface area contributed by atoms with Crippen LogP contribution in [-0.2, 0) is 6.42 Å². The maximum atomic E-state index is 9.33. The molecule has 0 saturated heterocycles. The number of H-pyrrole nitrogens is 1. The number of aromatic nitrogens is 2. The summed E-state index contributed by atoms with van der Waals surface area (Å²) in [5.41, 5.74) is 4.58. The lowest BCUT2D eigenvalue weighted by Crippen LogP contribution is -2.02. The van der Waals surface area contributed by atoms with E-state index in [1.54, 1.807) is 18.7 Å². The lowest BCUT2D eigenvalue weighted by atomic mass is 10.0. The third-order valence-electron chi connectivity index (χ3n) is 3.24. The van der Waals surface area contributed by atoms with E-state index in [0.29, 0.717) is 5.75 Å². The molecule has 0 aliphatic heterocycles. The number of thioether (sulfide) groups is 1. The summed E-state index contributed by atoms with van der Waals surface area (Å²) in [5, 5.41) is 10.2. The zero-order valence-electron chi connectivity index (χ0n) is 11.9. The molecule has 21 heavy (non-hydrogen) atoms. The average molecular weight is 298 g/mol.